The highest BCUT2D eigenvalue weighted by Gasteiger charge is 2.26. The lowest BCUT2D eigenvalue weighted by Gasteiger charge is -2.02. The third-order valence-electron chi connectivity index (χ3n) is 2.97. The van der Waals surface area contributed by atoms with E-state index >= 15 is 0 Å². The summed E-state index contributed by atoms with van der Waals surface area (Å²) in [5.41, 5.74) is 1.96. The van der Waals surface area contributed by atoms with Gasteiger partial charge in [-0.3, -0.25) is 4.79 Å². The highest BCUT2D eigenvalue weighted by atomic mass is 19.1. The van der Waals surface area contributed by atoms with Crippen molar-refractivity contribution in [2.45, 2.75) is 18.8 Å². The van der Waals surface area contributed by atoms with E-state index in [-0.39, 0.29) is 11.4 Å². The van der Waals surface area contributed by atoms with Crippen LogP contribution in [0.2, 0.25) is 0 Å². The van der Waals surface area contributed by atoms with Gasteiger partial charge in [-0.25, -0.2) is 9.49 Å². The van der Waals surface area contributed by atoms with Gasteiger partial charge >= 0.3 is 0 Å². The Morgan fingerprint density at radius 1 is 1.24 bits per heavy atom. The Morgan fingerprint density at radius 3 is 2.59 bits per heavy atom. The summed E-state index contributed by atoms with van der Waals surface area (Å²) in [6.45, 7) is 0. The van der Waals surface area contributed by atoms with Gasteiger partial charge in [0, 0.05) is 5.92 Å². The monoisotopic (exact) mass is 230 g/mol. The molecule has 1 N–H and O–H groups in total. The highest BCUT2D eigenvalue weighted by molar-refractivity contribution is 5.62. The molecule has 0 radical (unpaired) electrons. The summed E-state index contributed by atoms with van der Waals surface area (Å²) in [6.07, 6.45) is 2.25. The summed E-state index contributed by atoms with van der Waals surface area (Å²) in [4.78, 5) is 11.7. The number of hydrogen-bond donors (Lipinski definition) is 1. The van der Waals surface area contributed by atoms with Gasteiger partial charge in [0.25, 0.3) is 5.56 Å². The van der Waals surface area contributed by atoms with Gasteiger partial charge in [0.05, 0.1) is 11.3 Å². The number of nitrogens with zero attached hydrogens (tertiary/aromatic N) is 1. The summed E-state index contributed by atoms with van der Waals surface area (Å²) in [7, 11) is 0. The van der Waals surface area contributed by atoms with E-state index in [1.807, 2.05) is 6.07 Å². The van der Waals surface area contributed by atoms with Crippen molar-refractivity contribution in [3.8, 4) is 11.1 Å². The molecule has 1 heterocycles. The molecule has 0 bridgehead atoms. The minimum Gasteiger partial charge on any atom is -0.267 e. The Labute approximate surface area is 97.3 Å². The molecule has 1 aliphatic rings. The van der Waals surface area contributed by atoms with Gasteiger partial charge < -0.3 is 0 Å². The molecule has 3 rings (SSSR count). The van der Waals surface area contributed by atoms with E-state index in [0.717, 1.165) is 24.1 Å². The van der Waals surface area contributed by atoms with Crippen molar-refractivity contribution in [1.82, 2.24) is 10.2 Å². The van der Waals surface area contributed by atoms with Crippen LogP contribution in [0, 0.1) is 5.82 Å². The molecule has 0 aliphatic heterocycles. The SMILES string of the molecule is O=c1[nH]nc(C2CC2)cc1-c1ccc(F)cc1. The third-order valence-corrected chi connectivity index (χ3v) is 2.97. The zero-order valence-electron chi connectivity index (χ0n) is 9.11. The largest absolute Gasteiger partial charge is 0.272 e. The minimum absolute atomic E-state index is 0.235. The summed E-state index contributed by atoms with van der Waals surface area (Å²) in [5, 5.41) is 6.54. The first kappa shape index (κ1) is 10.2. The van der Waals surface area contributed by atoms with Crippen LogP contribution in [0.1, 0.15) is 24.5 Å². The number of halogens is 1. The molecular formula is C13H11FN2O. The molecule has 1 aliphatic carbocycles. The molecule has 3 nitrogen and oxygen atoms in total. The third kappa shape index (κ3) is 1.98. The van der Waals surface area contributed by atoms with Crippen LogP contribution in [0.15, 0.2) is 35.1 Å². The number of aromatic amines is 1. The first-order valence-corrected chi connectivity index (χ1v) is 5.59. The zero-order chi connectivity index (χ0) is 11.8. The van der Waals surface area contributed by atoms with Crippen molar-refractivity contribution in [3.63, 3.8) is 0 Å². The molecule has 0 atom stereocenters. The number of nitrogens with one attached hydrogen (secondary N) is 1. The van der Waals surface area contributed by atoms with Crippen molar-refractivity contribution >= 4 is 0 Å². The number of benzene rings is 1. The maximum atomic E-state index is 12.8. The maximum Gasteiger partial charge on any atom is 0.272 e. The fraction of sp³-hybridized carbons (Fsp3) is 0.231. The lowest BCUT2D eigenvalue weighted by atomic mass is 10.1. The average molecular weight is 230 g/mol. The van der Waals surface area contributed by atoms with Crippen molar-refractivity contribution in [2.24, 2.45) is 0 Å². The molecule has 0 saturated heterocycles. The van der Waals surface area contributed by atoms with Gasteiger partial charge in [-0.15, -0.1) is 0 Å². The average Bonchev–Trinajstić information content (AvgIpc) is 3.15. The van der Waals surface area contributed by atoms with E-state index in [0.29, 0.717) is 11.5 Å². The van der Waals surface area contributed by atoms with Crippen LogP contribution in [-0.2, 0) is 0 Å². The van der Waals surface area contributed by atoms with Crippen LogP contribution in [0.4, 0.5) is 4.39 Å². The standard InChI is InChI=1S/C13H11FN2O/c14-10-5-3-8(4-6-10)11-7-12(9-1-2-9)15-16-13(11)17/h3-7,9H,1-2H2,(H,16,17). The Balaban J connectivity index is 2.09. The molecule has 2 aromatic rings. The van der Waals surface area contributed by atoms with Crippen LogP contribution in [0.25, 0.3) is 11.1 Å². The maximum absolute atomic E-state index is 12.8. The van der Waals surface area contributed by atoms with Crippen molar-refractivity contribution < 1.29 is 4.39 Å². The van der Waals surface area contributed by atoms with Crippen molar-refractivity contribution in [2.75, 3.05) is 0 Å². The normalized spacial score (nSPS) is 14.9. The molecule has 4 heteroatoms. The van der Waals surface area contributed by atoms with E-state index in [1.165, 1.54) is 12.1 Å². The second kappa shape index (κ2) is 3.80. The first-order valence-electron chi connectivity index (χ1n) is 5.59. The molecule has 1 saturated carbocycles. The molecule has 0 unspecified atom stereocenters. The predicted octanol–water partition coefficient (Wildman–Crippen LogP) is 2.45. The summed E-state index contributed by atoms with van der Waals surface area (Å²) in [5.74, 6) is 0.174. The van der Waals surface area contributed by atoms with E-state index in [9.17, 15) is 9.18 Å². The number of rotatable bonds is 2. The van der Waals surface area contributed by atoms with Gasteiger partial charge in [0.1, 0.15) is 5.82 Å². The first-order chi connectivity index (χ1) is 8.24. The Bertz CT molecular complexity index is 600. The fourth-order valence-corrected chi connectivity index (χ4v) is 1.85. The highest BCUT2D eigenvalue weighted by Crippen LogP contribution is 2.39. The van der Waals surface area contributed by atoms with E-state index in [1.54, 1.807) is 12.1 Å². The van der Waals surface area contributed by atoms with Gasteiger partial charge in [0.15, 0.2) is 0 Å². The molecule has 0 spiro atoms. The molecule has 1 fully saturated rings. The quantitative estimate of drug-likeness (QED) is 0.861. The van der Waals surface area contributed by atoms with E-state index in [2.05, 4.69) is 10.2 Å². The van der Waals surface area contributed by atoms with Gasteiger partial charge in [-0.05, 0) is 36.6 Å². The number of hydrogen-bond acceptors (Lipinski definition) is 2. The topological polar surface area (TPSA) is 45.8 Å². The molecule has 17 heavy (non-hydrogen) atoms. The minimum atomic E-state index is -0.304. The molecule has 86 valence electrons. The van der Waals surface area contributed by atoms with Gasteiger partial charge in [-0.1, -0.05) is 12.1 Å². The second-order valence-electron chi connectivity index (χ2n) is 4.32. The lowest BCUT2D eigenvalue weighted by Crippen LogP contribution is -2.12. The lowest BCUT2D eigenvalue weighted by molar-refractivity contribution is 0.628. The molecular weight excluding hydrogens is 219 g/mol. The number of H-pyrrole nitrogens is 1. The van der Waals surface area contributed by atoms with Crippen molar-refractivity contribution in [3.05, 3.63) is 52.2 Å². The molecule has 0 amide bonds. The summed E-state index contributed by atoms with van der Waals surface area (Å²) >= 11 is 0. The van der Waals surface area contributed by atoms with Crippen molar-refractivity contribution in [1.29, 1.82) is 0 Å². The van der Waals surface area contributed by atoms with Crippen LogP contribution >= 0.6 is 0 Å². The Morgan fingerprint density at radius 2 is 1.94 bits per heavy atom. The number of aromatic nitrogens is 2. The summed E-state index contributed by atoms with van der Waals surface area (Å²) in [6, 6.07) is 7.73. The fourth-order valence-electron chi connectivity index (χ4n) is 1.85. The molecule has 1 aromatic heterocycles. The van der Waals surface area contributed by atoms with Gasteiger partial charge in [0.2, 0.25) is 0 Å². The van der Waals surface area contributed by atoms with Crippen LogP contribution < -0.4 is 5.56 Å². The Hall–Kier alpha value is -1.97. The van der Waals surface area contributed by atoms with Crippen LogP contribution in [0.3, 0.4) is 0 Å². The second-order valence-corrected chi connectivity index (χ2v) is 4.32. The van der Waals surface area contributed by atoms with Gasteiger partial charge in [-0.2, -0.15) is 5.10 Å². The smallest absolute Gasteiger partial charge is 0.267 e. The zero-order valence-corrected chi connectivity index (χ0v) is 9.11. The predicted molar refractivity (Wildman–Crippen MR) is 62.2 cm³/mol. The molecule has 1 aromatic carbocycles. The summed E-state index contributed by atoms with van der Waals surface area (Å²) < 4.78 is 12.8. The van der Waals surface area contributed by atoms with E-state index in [4.69, 9.17) is 0 Å². The van der Waals surface area contributed by atoms with E-state index < -0.39 is 0 Å². The van der Waals surface area contributed by atoms with Crippen LogP contribution in [0.5, 0.6) is 0 Å². The Kier molecular flexibility index (Phi) is 2.28. The van der Waals surface area contributed by atoms with Crippen LogP contribution in [-0.4, -0.2) is 10.2 Å².